The fraction of sp³-hybridized carbons (Fsp3) is 0.385. The Bertz CT molecular complexity index is 487. The van der Waals surface area contributed by atoms with Crippen molar-refractivity contribution < 1.29 is 19.8 Å². The molecule has 0 aliphatic carbocycles. The van der Waals surface area contributed by atoms with Crippen molar-refractivity contribution in [3.05, 3.63) is 28.8 Å². The lowest BCUT2D eigenvalue weighted by atomic mass is 10.2. The number of hydrogen-bond donors (Lipinski definition) is 3. The Morgan fingerprint density at radius 3 is 2.60 bits per heavy atom. The zero-order chi connectivity index (χ0) is 15.1. The molecule has 0 spiro atoms. The summed E-state index contributed by atoms with van der Waals surface area (Å²) < 4.78 is 0. The first kappa shape index (κ1) is 16.3. The summed E-state index contributed by atoms with van der Waals surface area (Å²) in [5, 5.41) is 20.8. The lowest BCUT2D eigenvalue weighted by Gasteiger charge is -2.22. The minimum atomic E-state index is -1.15. The topological polar surface area (TPSA) is 89.9 Å². The number of nitrogens with one attached hydrogen (secondary N) is 1. The number of aliphatic hydroxyl groups excluding tert-OH is 1. The largest absolute Gasteiger partial charge is 0.478 e. The number of benzene rings is 1. The molecular weight excluding hydrogens is 284 g/mol. The third-order valence-corrected chi connectivity index (χ3v) is 2.84. The number of halogens is 1. The van der Waals surface area contributed by atoms with E-state index >= 15 is 0 Å². The molecule has 1 aromatic rings. The van der Waals surface area contributed by atoms with E-state index in [1.54, 1.807) is 0 Å². The molecule has 0 saturated heterocycles. The van der Waals surface area contributed by atoms with Gasteiger partial charge in [0, 0.05) is 18.1 Å². The molecule has 2 amide bonds. The van der Waals surface area contributed by atoms with E-state index in [1.807, 2.05) is 6.92 Å². The van der Waals surface area contributed by atoms with E-state index in [-0.39, 0.29) is 24.4 Å². The van der Waals surface area contributed by atoms with Gasteiger partial charge in [0.1, 0.15) is 0 Å². The first-order valence-corrected chi connectivity index (χ1v) is 6.57. The first-order valence-electron chi connectivity index (χ1n) is 6.19. The van der Waals surface area contributed by atoms with E-state index in [1.165, 1.54) is 23.1 Å². The van der Waals surface area contributed by atoms with Crippen LogP contribution >= 0.6 is 11.6 Å². The number of carbonyl (C=O) groups is 2. The summed E-state index contributed by atoms with van der Waals surface area (Å²) in [6.07, 6.45) is 0.731. The number of urea groups is 1. The third-order valence-electron chi connectivity index (χ3n) is 2.60. The van der Waals surface area contributed by atoms with Crippen molar-refractivity contribution in [2.24, 2.45) is 0 Å². The minimum Gasteiger partial charge on any atom is -0.478 e. The molecule has 0 radical (unpaired) electrons. The predicted octanol–water partition coefficient (Wildman–Crippen LogP) is 2.27. The fourth-order valence-electron chi connectivity index (χ4n) is 1.71. The van der Waals surface area contributed by atoms with Crippen LogP contribution in [0.15, 0.2) is 18.2 Å². The van der Waals surface area contributed by atoms with Gasteiger partial charge in [0.05, 0.1) is 17.9 Å². The molecule has 1 aromatic carbocycles. The van der Waals surface area contributed by atoms with Crippen molar-refractivity contribution in [2.45, 2.75) is 13.3 Å². The molecule has 0 aliphatic heterocycles. The Balaban J connectivity index is 2.93. The number of anilines is 1. The maximum Gasteiger partial charge on any atom is 0.337 e. The van der Waals surface area contributed by atoms with Crippen LogP contribution in [-0.4, -0.2) is 46.8 Å². The van der Waals surface area contributed by atoms with Gasteiger partial charge in [-0.1, -0.05) is 18.5 Å². The molecule has 0 atom stereocenters. The molecule has 20 heavy (non-hydrogen) atoms. The fourth-order valence-corrected chi connectivity index (χ4v) is 1.88. The van der Waals surface area contributed by atoms with Gasteiger partial charge < -0.3 is 20.4 Å². The smallest absolute Gasteiger partial charge is 0.337 e. The van der Waals surface area contributed by atoms with Gasteiger partial charge in [-0.2, -0.15) is 0 Å². The van der Waals surface area contributed by atoms with Gasteiger partial charge in [-0.3, -0.25) is 0 Å². The number of carbonyl (C=O) groups excluding carboxylic acids is 1. The lowest BCUT2D eigenvalue weighted by Crippen LogP contribution is -2.37. The number of aliphatic hydroxyl groups is 1. The highest BCUT2D eigenvalue weighted by Gasteiger charge is 2.16. The number of rotatable bonds is 6. The molecule has 0 bridgehead atoms. The van der Waals surface area contributed by atoms with Crippen molar-refractivity contribution in [2.75, 3.05) is 25.0 Å². The van der Waals surface area contributed by atoms with Crippen LogP contribution in [0.1, 0.15) is 23.7 Å². The summed E-state index contributed by atoms with van der Waals surface area (Å²) in [6, 6.07) is 3.69. The van der Waals surface area contributed by atoms with Crippen LogP contribution in [-0.2, 0) is 0 Å². The summed E-state index contributed by atoms with van der Waals surface area (Å²) >= 11 is 5.81. The quantitative estimate of drug-likeness (QED) is 0.752. The van der Waals surface area contributed by atoms with Crippen LogP contribution in [0.25, 0.3) is 0 Å². The Hall–Kier alpha value is -1.79. The molecule has 0 unspecified atom stereocenters. The molecule has 0 heterocycles. The summed E-state index contributed by atoms with van der Waals surface area (Å²) in [4.78, 5) is 24.5. The first-order chi connectivity index (χ1) is 9.49. The standard InChI is InChI=1S/C13H17ClN2O4/c1-2-5-16(6-7-17)13(20)15-11-8-9(14)3-4-10(11)12(18)19/h3-4,8,17H,2,5-7H2,1H3,(H,15,20)(H,18,19). The minimum absolute atomic E-state index is 0.0387. The molecule has 0 saturated carbocycles. The highest BCUT2D eigenvalue weighted by atomic mass is 35.5. The van der Waals surface area contributed by atoms with Crippen molar-refractivity contribution in [1.82, 2.24) is 4.90 Å². The molecule has 0 aliphatic rings. The Morgan fingerprint density at radius 1 is 1.35 bits per heavy atom. The Kier molecular flexibility index (Phi) is 6.27. The van der Waals surface area contributed by atoms with E-state index in [0.717, 1.165) is 6.42 Å². The number of carboxylic acids is 1. The van der Waals surface area contributed by atoms with Crippen LogP contribution in [0.5, 0.6) is 0 Å². The summed E-state index contributed by atoms with van der Waals surface area (Å²) in [5.41, 5.74) is 0.0947. The van der Waals surface area contributed by atoms with Gasteiger partial charge in [0.15, 0.2) is 0 Å². The Morgan fingerprint density at radius 2 is 2.05 bits per heavy atom. The van der Waals surface area contributed by atoms with Crippen LogP contribution in [0.3, 0.4) is 0 Å². The molecule has 0 fully saturated rings. The van der Waals surface area contributed by atoms with Gasteiger partial charge in [0.2, 0.25) is 0 Å². The summed E-state index contributed by atoms with van der Waals surface area (Å²) in [5.74, 6) is -1.15. The maximum atomic E-state index is 12.0. The van der Waals surface area contributed by atoms with Gasteiger partial charge >= 0.3 is 12.0 Å². The zero-order valence-corrected chi connectivity index (χ0v) is 11.9. The van der Waals surface area contributed by atoms with Crippen LogP contribution in [0.4, 0.5) is 10.5 Å². The second-order valence-electron chi connectivity index (χ2n) is 4.14. The predicted molar refractivity (Wildman–Crippen MR) is 76.4 cm³/mol. The monoisotopic (exact) mass is 300 g/mol. The molecule has 1 rings (SSSR count). The number of carboxylic acid groups (broad SMARTS) is 1. The van der Waals surface area contributed by atoms with Crippen molar-refractivity contribution in [1.29, 1.82) is 0 Å². The third kappa shape index (κ3) is 4.40. The average molecular weight is 301 g/mol. The van der Waals surface area contributed by atoms with E-state index in [2.05, 4.69) is 5.32 Å². The molecule has 7 heteroatoms. The highest BCUT2D eigenvalue weighted by Crippen LogP contribution is 2.21. The number of amides is 2. The Labute approximate surface area is 122 Å². The second kappa shape index (κ2) is 7.72. The van der Waals surface area contributed by atoms with Crippen LogP contribution in [0, 0.1) is 0 Å². The van der Waals surface area contributed by atoms with Crippen LogP contribution < -0.4 is 5.32 Å². The summed E-state index contributed by atoms with van der Waals surface area (Å²) in [7, 11) is 0. The van der Waals surface area contributed by atoms with Crippen molar-refractivity contribution in [3.63, 3.8) is 0 Å². The van der Waals surface area contributed by atoms with Crippen molar-refractivity contribution >= 4 is 29.3 Å². The van der Waals surface area contributed by atoms with Crippen molar-refractivity contribution in [3.8, 4) is 0 Å². The molecular formula is C13H17ClN2O4. The molecule has 0 aromatic heterocycles. The molecule has 110 valence electrons. The average Bonchev–Trinajstić information content (AvgIpc) is 2.38. The maximum absolute atomic E-state index is 12.0. The lowest BCUT2D eigenvalue weighted by molar-refractivity contribution is 0.0698. The van der Waals surface area contributed by atoms with Crippen LogP contribution in [0.2, 0.25) is 5.02 Å². The number of nitrogens with zero attached hydrogens (tertiary/aromatic N) is 1. The number of aromatic carboxylic acids is 1. The van der Waals surface area contributed by atoms with E-state index < -0.39 is 12.0 Å². The normalized spacial score (nSPS) is 10.2. The van der Waals surface area contributed by atoms with E-state index in [9.17, 15) is 9.59 Å². The van der Waals surface area contributed by atoms with Gasteiger partial charge in [-0.05, 0) is 24.6 Å². The van der Waals surface area contributed by atoms with Gasteiger partial charge in [-0.25, -0.2) is 9.59 Å². The summed E-state index contributed by atoms with van der Waals surface area (Å²) in [6.45, 7) is 2.40. The van der Waals surface area contributed by atoms with E-state index in [4.69, 9.17) is 21.8 Å². The SMILES string of the molecule is CCCN(CCO)C(=O)Nc1cc(Cl)ccc1C(=O)O. The molecule has 6 nitrogen and oxygen atoms in total. The highest BCUT2D eigenvalue weighted by molar-refractivity contribution is 6.31. The van der Waals surface area contributed by atoms with Gasteiger partial charge in [0.25, 0.3) is 0 Å². The van der Waals surface area contributed by atoms with Gasteiger partial charge in [-0.15, -0.1) is 0 Å². The molecule has 3 N–H and O–H groups in total. The number of hydrogen-bond acceptors (Lipinski definition) is 3. The zero-order valence-electron chi connectivity index (χ0n) is 11.1. The second-order valence-corrected chi connectivity index (χ2v) is 4.57. The van der Waals surface area contributed by atoms with E-state index in [0.29, 0.717) is 11.6 Å².